The van der Waals surface area contributed by atoms with Crippen molar-refractivity contribution in [3.63, 3.8) is 0 Å². The molecule has 0 bridgehead atoms. The van der Waals surface area contributed by atoms with Gasteiger partial charge in [-0.05, 0) is 0 Å². The number of nitriles is 1. The molecular formula is CH2BNS. The molecule has 0 aromatic rings. The molecule has 0 saturated carbocycles. The minimum Gasteiger partial charge on any atom is -0.186 e. The largest absolute Gasteiger partial charge is 0.193 e. The Morgan fingerprint density at radius 1 is 2.00 bits per heavy atom. The zero-order valence-corrected chi connectivity index (χ0v) is 3.17. The average Bonchev–Trinajstić information content (AvgIpc) is 1.37. The summed E-state index contributed by atoms with van der Waals surface area (Å²) in [5, 5.41) is 9.44. The molecular weight excluding hydrogens is 68.9 g/mol. The first-order valence-corrected chi connectivity index (χ1v) is 2.06. The molecule has 0 rings (SSSR count). The Labute approximate surface area is 30.3 Å². The second-order valence-electron chi connectivity index (χ2n) is 0.295. The molecule has 0 aromatic heterocycles. The quantitative estimate of drug-likeness (QED) is 0.290. The van der Waals surface area contributed by atoms with Crippen LogP contribution in [0.25, 0.3) is 0 Å². The monoisotopic (exact) mass is 71.0 g/mol. The minimum absolute atomic E-state index is 1.16. The fraction of sp³-hybridized carbons (Fsp3) is 0. The highest BCUT2D eigenvalue weighted by Gasteiger charge is 1.50. The fourth-order valence-electron chi connectivity index (χ4n) is 0. The van der Waals surface area contributed by atoms with E-state index in [1.165, 1.54) is 0 Å². The van der Waals surface area contributed by atoms with E-state index < -0.39 is 0 Å². The Morgan fingerprint density at radius 2 is 2.25 bits per heavy atom. The summed E-state index contributed by atoms with van der Waals surface area (Å²) in [5.41, 5.74) is 0. The highest BCUT2D eigenvalue weighted by molar-refractivity contribution is 8.23. The van der Waals surface area contributed by atoms with E-state index in [1.54, 1.807) is 7.12 Å². The van der Waals surface area contributed by atoms with Crippen LogP contribution in [0.5, 0.6) is 0 Å². The predicted molar refractivity (Wildman–Crippen MR) is 21.7 cm³/mol. The summed E-state index contributed by atoms with van der Waals surface area (Å²) < 4.78 is 0. The Morgan fingerprint density at radius 3 is 2.25 bits per heavy atom. The van der Waals surface area contributed by atoms with Crippen molar-refractivity contribution in [1.29, 1.82) is 5.26 Å². The molecule has 4 heavy (non-hydrogen) atoms. The molecule has 0 N–H and O–H groups in total. The zero-order valence-electron chi connectivity index (χ0n) is 2.36. The molecule has 3 heteroatoms. The topological polar surface area (TPSA) is 23.8 Å². The fourth-order valence-corrected chi connectivity index (χ4v) is 0. The molecule has 0 aliphatic heterocycles. The molecule has 1 nitrogen and oxygen atoms in total. The van der Waals surface area contributed by atoms with Gasteiger partial charge in [0.05, 0.1) is 0 Å². The maximum Gasteiger partial charge on any atom is 0.193 e. The molecule has 0 atom stereocenters. The van der Waals surface area contributed by atoms with Gasteiger partial charge in [0.2, 0.25) is 0 Å². The van der Waals surface area contributed by atoms with Gasteiger partial charge in [0.1, 0.15) is 5.40 Å². The lowest BCUT2D eigenvalue weighted by molar-refractivity contribution is 1.57. The number of rotatable bonds is 0. The Balaban J connectivity index is 2.43. The van der Waals surface area contributed by atoms with Crippen LogP contribution < -0.4 is 0 Å². The average molecular weight is 70.9 g/mol. The Bertz CT molecular complexity index is 37.8. The van der Waals surface area contributed by atoms with Crippen LogP contribution in [0.4, 0.5) is 0 Å². The summed E-state index contributed by atoms with van der Waals surface area (Å²) in [6.45, 7) is 0. The van der Waals surface area contributed by atoms with Crippen LogP contribution in [0.3, 0.4) is 0 Å². The van der Waals surface area contributed by atoms with E-state index in [4.69, 9.17) is 5.26 Å². The van der Waals surface area contributed by atoms with Gasteiger partial charge in [-0.1, -0.05) is 0 Å². The van der Waals surface area contributed by atoms with Gasteiger partial charge in [0.25, 0.3) is 0 Å². The Hall–Kier alpha value is -0.0951. The van der Waals surface area contributed by atoms with Gasteiger partial charge in [-0.25, -0.2) is 0 Å². The highest BCUT2D eigenvalue weighted by Crippen LogP contribution is 1.76. The molecule has 0 spiro atoms. The van der Waals surface area contributed by atoms with E-state index >= 15 is 0 Å². The molecule has 0 heterocycles. The summed E-state index contributed by atoms with van der Waals surface area (Å²) in [6, 6.07) is 0. The van der Waals surface area contributed by atoms with Gasteiger partial charge in [0, 0.05) is 0 Å². The van der Waals surface area contributed by atoms with Crippen molar-refractivity contribution in [3.05, 3.63) is 0 Å². The molecule has 0 radical (unpaired) electrons. The minimum atomic E-state index is 1.16. The number of thiocyanates is 1. The van der Waals surface area contributed by atoms with Gasteiger partial charge in [-0.3, -0.25) is 0 Å². The van der Waals surface area contributed by atoms with Crippen LogP contribution in [0.2, 0.25) is 0 Å². The molecule has 0 aromatic carbocycles. The van der Waals surface area contributed by atoms with E-state index in [1.807, 2.05) is 5.40 Å². The molecule has 0 unspecified atom stereocenters. The van der Waals surface area contributed by atoms with E-state index in [9.17, 15) is 0 Å². The van der Waals surface area contributed by atoms with Crippen LogP contribution in [0, 0.1) is 10.7 Å². The second-order valence-corrected chi connectivity index (χ2v) is 0.886. The normalized spacial score (nSPS) is 4.75. The van der Waals surface area contributed by atoms with Crippen LogP contribution in [-0.2, 0) is 0 Å². The first-order chi connectivity index (χ1) is 1.91. The standard InChI is InChI=1S/CH2BNS/c2-4-1-3/h2H2. The number of hydrogen-bond acceptors (Lipinski definition) is 2. The molecule has 0 fully saturated rings. The molecule has 0 amide bonds. The molecule has 0 aliphatic carbocycles. The first kappa shape index (κ1) is 3.90. The first-order valence-electron chi connectivity index (χ1n) is 0.836. The third kappa shape index (κ3) is 1.90. The smallest absolute Gasteiger partial charge is 0.186 e. The maximum absolute atomic E-state index is 7.59. The van der Waals surface area contributed by atoms with Crippen molar-refractivity contribution in [2.75, 3.05) is 0 Å². The van der Waals surface area contributed by atoms with Crippen molar-refractivity contribution in [2.45, 2.75) is 0 Å². The predicted octanol–water partition coefficient (Wildman–Crippen LogP) is -0.251. The van der Waals surface area contributed by atoms with Gasteiger partial charge >= 0.3 is 0 Å². The van der Waals surface area contributed by atoms with Crippen LogP contribution in [0.1, 0.15) is 0 Å². The zero-order chi connectivity index (χ0) is 3.41. The lowest BCUT2D eigenvalue weighted by Gasteiger charge is -1.47. The lowest BCUT2D eigenvalue weighted by atomic mass is 10.8. The van der Waals surface area contributed by atoms with Crippen molar-refractivity contribution in [1.82, 2.24) is 0 Å². The van der Waals surface area contributed by atoms with Gasteiger partial charge in [-0.2, -0.15) is 5.26 Å². The van der Waals surface area contributed by atoms with Crippen molar-refractivity contribution >= 4 is 18.7 Å². The SMILES string of the molecule is BSC#N. The van der Waals surface area contributed by atoms with Crippen molar-refractivity contribution in [2.24, 2.45) is 0 Å². The molecule has 20 valence electrons. The summed E-state index contributed by atoms with van der Waals surface area (Å²) in [7, 11) is 1.74. The van der Waals surface area contributed by atoms with Crippen molar-refractivity contribution < 1.29 is 0 Å². The van der Waals surface area contributed by atoms with E-state index in [0.717, 1.165) is 11.6 Å². The summed E-state index contributed by atoms with van der Waals surface area (Å²) in [4.78, 5) is 0. The summed E-state index contributed by atoms with van der Waals surface area (Å²) >= 11 is 1.16. The van der Waals surface area contributed by atoms with Crippen molar-refractivity contribution in [3.8, 4) is 5.40 Å². The highest BCUT2D eigenvalue weighted by atomic mass is 32.2. The van der Waals surface area contributed by atoms with Crippen LogP contribution >= 0.6 is 11.6 Å². The third-order valence-corrected chi connectivity index (χ3v) is 0.274. The third-order valence-electron chi connectivity index (χ3n) is 0.0913. The van der Waals surface area contributed by atoms with E-state index in [2.05, 4.69) is 0 Å². The van der Waals surface area contributed by atoms with E-state index in [0.29, 0.717) is 0 Å². The lowest BCUT2D eigenvalue weighted by Crippen LogP contribution is -1.33. The maximum atomic E-state index is 7.59. The van der Waals surface area contributed by atoms with E-state index in [-0.39, 0.29) is 0 Å². The molecule has 0 saturated heterocycles. The van der Waals surface area contributed by atoms with Gasteiger partial charge in [0.15, 0.2) is 7.12 Å². The van der Waals surface area contributed by atoms with Gasteiger partial charge in [-0.15, -0.1) is 11.6 Å². The number of hydrogen-bond donors (Lipinski definition) is 0. The number of nitrogens with zero attached hydrogens (tertiary/aromatic N) is 1. The summed E-state index contributed by atoms with van der Waals surface area (Å²) in [5.74, 6) is 0. The molecule has 0 aliphatic rings. The Kier molecular flexibility index (Phi) is 2.84. The van der Waals surface area contributed by atoms with Crippen LogP contribution in [-0.4, -0.2) is 7.12 Å². The second kappa shape index (κ2) is 2.90. The summed E-state index contributed by atoms with van der Waals surface area (Å²) in [6.07, 6.45) is 0. The van der Waals surface area contributed by atoms with Crippen LogP contribution in [0.15, 0.2) is 0 Å². The van der Waals surface area contributed by atoms with Gasteiger partial charge < -0.3 is 0 Å².